The van der Waals surface area contributed by atoms with Gasteiger partial charge < -0.3 is 10.7 Å². The Balaban J connectivity index is 2.04. The fourth-order valence-electron chi connectivity index (χ4n) is 2.76. The second-order valence-electron chi connectivity index (χ2n) is 5.83. The number of rotatable bonds is 3. The average molecular weight is 435 g/mol. The zero-order chi connectivity index (χ0) is 20.0. The standard InChI is InChI=1S/C18H10Cl3N5O2/c19-9-2-4-10(5-3-9)26-17-14(24-18(26)28)13(15(22)27)23-16(25-17)8-1-6-11(20)12(21)7-8/h1-7H,(H2,22,27)(H,24,28). The highest BCUT2D eigenvalue weighted by Gasteiger charge is 2.20. The van der Waals surface area contributed by atoms with E-state index in [4.69, 9.17) is 40.5 Å². The smallest absolute Gasteiger partial charge is 0.332 e. The van der Waals surface area contributed by atoms with Gasteiger partial charge in [-0.15, -0.1) is 0 Å². The van der Waals surface area contributed by atoms with Crippen LogP contribution in [0.5, 0.6) is 0 Å². The van der Waals surface area contributed by atoms with Gasteiger partial charge in [0.1, 0.15) is 5.52 Å². The van der Waals surface area contributed by atoms with Gasteiger partial charge in [0.25, 0.3) is 5.91 Å². The number of H-pyrrole nitrogens is 1. The molecule has 140 valence electrons. The lowest BCUT2D eigenvalue weighted by Gasteiger charge is -2.07. The number of nitrogens with zero attached hydrogens (tertiary/aromatic N) is 3. The highest BCUT2D eigenvalue weighted by atomic mass is 35.5. The molecule has 3 N–H and O–H groups in total. The van der Waals surface area contributed by atoms with Crippen LogP contribution < -0.4 is 11.4 Å². The maximum atomic E-state index is 12.6. The van der Waals surface area contributed by atoms with Crippen LogP contribution in [-0.4, -0.2) is 25.4 Å². The maximum absolute atomic E-state index is 12.6. The number of primary amides is 1. The molecule has 10 heteroatoms. The third-order valence-electron chi connectivity index (χ3n) is 4.03. The molecule has 0 bridgehead atoms. The van der Waals surface area contributed by atoms with Crippen molar-refractivity contribution in [2.24, 2.45) is 5.73 Å². The summed E-state index contributed by atoms with van der Waals surface area (Å²) < 4.78 is 1.31. The Labute approximate surface area is 172 Å². The third kappa shape index (κ3) is 3.13. The first kappa shape index (κ1) is 18.5. The number of benzene rings is 2. The molecule has 0 spiro atoms. The van der Waals surface area contributed by atoms with E-state index in [9.17, 15) is 9.59 Å². The van der Waals surface area contributed by atoms with Crippen molar-refractivity contribution in [3.63, 3.8) is 0 Å². The molecule has 0 atom stereocenters. The van der Waals surface area contributed by atoms with Crippen LogP contribution in [0.1, 0.15) is 10.5 Å². The Kier molecular flexibility index (Phi) is 4.58. The summed E-state index contributed by atoms with van der Waals surface area (Å²) in [7, 11) is 0. The molecular weight excluding hydrogens is 425 g/mol. The lowest BCUT2D eigenvalue weighted by Crippen LogP contribution is -2.15. The number of imidazole rings is 1. The van der Waals surface area contributed by atoms with Gasteiger partial charge in [0.2, 0.25) is 0 Å². The summed E-state index contributed by atoms with van der Waals surface area (Å²) in [5.74, 6) is -0.639. The van der Waals surface area contributed by atoms with Crippen LogP contribution in [0.2, 0.25) is 15.1 Å². The molecule has 0 saturated carbocycles. The predicted octanol–water partition coefficient (Wildman–Crippen LogP) is 3.83. The summed E-state index contributed by atoms with van der Waals surface area (Å²) in [5, 5.41) is 1.18. The lowest BCUT2D eigenvalue weighted by atomic mass is 10.2. The molecule has 1 amide bonds. The first-order valence-corrected chi connectivity index (χ1v) is 9.02. The Hall–Kier alpha value is -2.87. The van der Waals surface area contributed by atoms with E-state index in [0.717, 1.165) is 0 Å². The summed E-state index contributed by atoms with van der Waals surface area (Å²) in [5.41, 5.74) is 6.20. The van der Waals surface area contributed by atoms with Crippen LogP contribution in [0.25, 0.3) is 28.2 Å². The van der Waals surface area contributed by atoms with E-state index in [2.05, 4.69) is 15.0 Å². The largest absolute Gasteiger partial charge is 0.364 e. The van der Waals surface area contributed by atoms with E-state index in [1.54, 1.807) is 42.5 Å². The molecule has 4 rings (SSSR count). The van der Waals surface area contributed by atoms with Crippen molar-refractivity contribution < 1.29 is 4.79 Å². The number of hydrogen-bond acceptors (Lipinski definition) is 4. The van der Waals surface area contributed by atoms with Gasteiger partial charge in [-0.25, -0.2) is 19.3 Å². The minimum absolute atomic E-state index is 0.115. The number of nitrogens with two attached hydrogens (primary N) is 1. The number of amides is 1. The highest BCUT2D eigenvalue weighted by molar-refractivity contribution is 6.42. The number of hydrogen-bond donors (Lipinski definition) is 2. The molecule has 0 unspecified atom stereocenters. The van der Waals surface area contributed by atoms with E-state index >= 15 is 0 Å². The predicted molar refractivity (Wildman–Crippen MR) is 108 cm³/mol. The quantitative estimate of drug-likeness (QED) is 0.511. The number of carbonyl (C=O) groups is 1. The number of aromatic amines is 1. The molecule has 2 aromatic heterocycles. The molecule has 0 aliphatic carbocycles. The zero-order valence-corrected chi connectivity index (χ0v) is 16.2. The van der Waals surface area contributed by atoms with Gasteiger partial charge in [-0.2, -0.15) is 0 Å². The van der Waals surface area contributed by atoms with Crippen LogP contribution in [0, 0.1) is 0 Å². The first-order chi connectivity index (χ1) is 13.3. The molecular formula is C18H10Cl3N5O2. The monoisotopic (exact) mass is 433 g/mol. The van der Waals surface area contributed by atoms with Gasteiger partial charge in [-0.3, -0.25) is 4.79 Å². The van der Waals surface area contributed by atoms with Crippen molar-refractivity contribution in [1.82, 2.24) is 19.5 Å². The van der Waals surface area contributed by atoms with Gasteiger partial charge in [-0.1, -0.05) is 34.8 Å². The molecule has 4 aromatic rings. The van der Waals surface area contributed by atoms with Crippen LogP contribution in [0.3, 0.4) is 0 Å². The van der Waals surface area contributed by atoms with Crippen LogP contribution in [0.15, 0.2) is 47.3 Å². The van der Waals surface area contributed by atoms with Crippen molar-refractivity contribution in [2.75, 3.05) is 0 Å². The van der Waals surface area contributed by atoms with Crippen molar-refractivity contribution in [2.45, 2.75) is 0 Å². The third-order valence-corrected chi connectivity index (χ3v) is 5.02. The molecule has 2 heterocycles. The van der Waals surface area contributed by atoms with E-state index in [1.807, 2.05) is 0 Å². The second kappa shape index (κ2) is 6.94. The van der Waals surface area contributed by atoms with Crippen LogP contribution >= 0.6 is 34.8 Å². The molecule has 0 fully saturated rings. The van der Waals surface area contributed by atoms with Gasteiger partial charge in [0, 0.05) is 10.6 Å². The SMILES string of the molecule is NC(=O)c1nc(-c2ccc(Cl)c(Cl)c2)nc2c1[nH]c(=O)n2-c1ccc(Cl)cc1. The van der Waals surface area contributed by atoms with Crippen molar-refractivity contribution in [1.29, 1.82) is 0 Å². The number of fused-ring (bicyclic) bond motifs is 1. The molecule has 7 nitrogen and oxygen atoms in total. The van der Waals surface area contributed by atoms with Crippen LogP contribution in [0.4, 0.5) is 0 Å². The zero-order valence-electron chi connectivity index (χ0n) is 13.9. The molecule has 0 aliphatic rings. The van der Waals surface area contributed by atoms with Gasteiger partial charge >= 0.3 is 5.69 Å². The minimum atomic E-state index is -0.807. The summed E-state index contributed by atoms with van der Waals surface area (Å²) in [4.78, 5) is 35.8. The summed E-state index contributed by atoms with van der Waals surface area (Å²) in [6.45, 7) is 0. The van der Waals surface area contributed by atoms with E-state index in [0.29, 0.717) is 26.3 Å². The molecule has 2 aromatic carbocycles. The summed E-state index contributed by atoms with van der Waals surface area (Å²) in [6, 6.07) is 11.4. The van der Waals surface area contributed by atoms with Crippen molar-refractivity contribution >= 4 is 51.9 Å². The minimum Gasteiger partial charge on any atom is -0.364 e. The lowest BCUT2D eigenvalue weighted by molar-refractivity contribution is 0.0997. The Morgan fingerprint density at radius 1 is 1.00 bits per heavy atom. The van der Waals surface area contributed by atoms with Crippen molar-refractivity contribution in [3.8, 4) is 17.1 Å². The Bertz CT molecular complexity index is 1300. The topological polar surface area (TPSA) is 107 Å². The van der Waals surface area contributed by atoms with E-state index < -0.39 is 11.6 Å². The Morgan fingerprint density at radius 2 is 1.71 bits per heavy atom. The van der Waals surface area contributed by atoms with E-state index in [-0.39, 0.29) is 22.7 Å². The summed E-state index contributed by atoms with van der Waals surface area (Å²) in [6.07, 6.45) is 0. The molecule has 0 saturated heterocycles. The van der Waals surface area contributed by atoms with Gasteiger partial charge in [-0.05, 0) is 42.5 Å². The van der Waals surface area contributed by atoms with Gasteiger partial charge in [0.15, 0.2) is 17.2 Å². The van der Waals surface area contributed by atoms with Crippen molar-refractivity contribution in [3.05, 3.63) is 73.7 Å². The summed E-state index contributed by atoms with van der Waals surface area (Å²) >= 11 is 18.0. The number of aromatic nitrogens is 4. The van der Waals surface area contributed by atoms with E-state index in [1.165, 1.54) is 4.57 Å². The molecule has 0 aliphatic heterocycles. The average Bonchev–Trinajstić information content (AvgIpc) is 2.99. The first-order valence-electron chi connectivity index (χ1n) is 7.89. The normalized spacial score (nSPS) is 11.1. The maximum Gasteiger partial charge on any atom is 0.332 e. The second-order valence-corrected chi connectivity index (χ2v) is 7.08. The fourth-order valence-corrected chi connectivity index (χ4v) is 3.18. The number of nitrogens with one attached hydrogen (secondary N) is 1. The van der Waals surface area contributed by atoms with Gasteiger partial charge in [0.05, 0.1) is 15.7 Å². The number of halogens is 3. The molecule has 0 radical (unpaired) electrons. The Morgan fingerprint density at radius 3 is 2.36 bits per heavy atom. The fraction of sp³-hybridized carbons (Fsp3) is 0. The molecule has 28 heavy (non-hydrogen) atoms. The highest BCUT2D eigenvalue weighted by Crippen LogP contribution is 2.28. The number of carbonyl (C=O) groups excluding carboxylic acids is 1. The van der Waals surface area contributed by atoms with Crippen LogP contribution in [-0.2, 0) is 0 Å².